The molecule has 0 atom stereocenters. The van der Waals surface area contributed by atoms with Gasteiger partial charge in [-0.3, -0.25) is 14.8 Å². The number of nitrogens with two attached hydrogens (primary N) is 1. The highest BCUT2D eigenvalue weighted by Gasteiger charge is 2.22. The van der Waals surface area contributed by atoms with E-state index in [2.05, 4.69) is 4.72 Å². The number of anilines is 1. The van der Waals surface area contributed by atoms with Gasteiger partial charge in [-0.1, -0.05) is 35.3 Å². The maximum atomic E-state index is 12.6. The van der Waals surface area contributed by atoms with E-state index < -0.39 is 34.5 Å². The third kappa shape index (κ3) is 5.59. The van der Waals surface area contributed by atoms with Crippen molar-refractivity contribution >= 4 is 56.8 Å². The van der Waals surface area contributed by atoms with E-state index in [-0.39, 0.29) is 26.2 Å². The molecule has 0 saturated heterocycles. The van der Waals surface area contributed by atoms with E-state index in [1.807, 2.05) is 0 Å². The lowest BCUT2D eigenvalue weighted by molar-refractivity contribution is -0.123. The first-order valence-electron chi connectivity index (χ1n) is 7.43. The molecule has 4 N–H and O–H groups in total. The summed E-state index contributed by atoms with van der Waals surface area (Å²) in [5.41, 5.74) is 4.49. The minimum atomic E-state index is -4.18. The molecule has 0 saturated carbocycles. The number of benzene rings is 2. The number of hydrogen-bond donors (Lipinski definition) is 3. The average Bonchev–Trinajstić information content (AvgIpc) is 2.61. The number of carbonyl (C=O) groups excluding carboxylic acids is 3. The molecule has 0 aliphatic rings. The number of imide groups is 1. The monoisotopic (exact) mass is 445 g/mol. The van der Waals surface area contributed by atoms with E-state index in [4.69, 9.17) is 33.7 Å². The Hall–Kier alpha value is -2.82. The standard InChI is InChI=1S/C16H13Cl2N3O6S/c17-9-5-6-11(18)13(7-9)28(25,26)21-12-4-2-1-3-10(12)15(23)27-8-14(22)20-16(19)24/h1-7,21H,8H2,(H3,19,20,22,24). The second-order valence-corrected chi connectivity index (χ2v) is 7.71. The summed E-state index contributed by atoms with van der Waals surface area (Å²) in [7, 11) is -4.18. The molecule has 0 heterocycles. The SMILES string of the molecule is NC(=O)NC(=O)COC(=O)c1ccccc1NS(=O)(=O)c1cc(Cl)ccc1Cl. The lowest BCUT2D eigenvalue weighted by atomic mass is 10.2. The topological polar surface area (TPSA) is 145 Å². The lowest BCUT2D eigenvalue weighted by Crippen LogP contribution is -2.37. The quantitative estimate of drug-likeness (QED) is 0.580. The van der Waals surface area contributed by atoms with Gasteiger partial charge in [-0.15, -0.1) is 0 Å². The predicted molar refractivity (Wildman–Crippen MR) is 102 cm³/mol. The summed E-state index contributed by atoms with van der Waals surface area (Å²) in [5.74, 6) is -1.94. The van der Waals surface area contributed by atoms with Crippen LogP contribution in [0.15, 0.2) is 47.4 Å². The summed E-state index contributed by atoms with van der Waals surface area (Å²) in [6.07, 6.45) is 0. The van der Waals surface area contributed by atoms with Gasteiger partial charge in [0.15, 0.2) is 6.61 Å². The molecule has 0 radical (unpaired) electrons. The van der Waals surface area contributed by atoms with Crippen LogP contribution < -0.4 is 15.8 Å². The summed E-state index contributed by atoms with van der Waals surface area (Å²) in [6.45, 7) is -0.789. The number of halogens is 2. The van der Waals surface area contributed by atoms with Crippen molar-refractivity contribution < 1.29 is 27.5 Å². The molecular weight excluding hydrogens is 433 g/mol. The average molecular weight is 446 g/mol. The highest BCUT2D eigenvalue weighted by atomic mass is 35.5. The maximum absolute atomic E-state index is 12.6. The molecular formula is C16H13Cl2N3O6S. The zero-order valence-corrected chi connectivity index (χ0v) is 16.3. The normalized spacial score (nSPS) is 10.8. The smallest absolute Gasteiger partial charge is 0.340 e. The van der Waals surface area contributed by atoms with Crippen LogP contribution in [-0.2, 0) is 19.6 Å². The Morgan fingerprint density at radius 2 is 1.75 bits per heavy atom. The third-order valence-electron chi connectivity index (χ3n) is 3.17. The molecule has 12 heteroatoms. The summed E-state index contributed by atoms with van der Waals surface area (Å²) >= 11 is 11.7. The zero-order chi connectivity index (χ0) is 20.9. The molecule has 28 heavy (non-hydrogen) atoms. The van der Waals surface area contributed by atoms with Crippen molar-refractivity contribution in [2.45, 2.75) is 4.90 Å². The number of sulfonamides is 1. The fourth-order valence-corrected chi connectivity index (χ4v) is 3.86. The van der Waals surface area contributed by atoms with E-state index in [1.165, 1.54) is 36.4 Å². The Morgan fingerprint density at radius 1 is 1.07 bits per heavy atom. The van der Waals surface area contributed by atoms with Gasteiger partial charge in [0, 0.05) is 5.02 Å². The van der Waals surface area contributed by atoms with Gasteiger partial charge in [0.25, 0.3) is 15.9 Å². The first-order chi connectivity index (χ1) is 13.1. The molecule has 2 aromatic carbocycles. The van der Waals surface area contributed by atoms with E-state index >= 15 is 0 Å². The number of rotatable bonds is 6. The van der Waals surface area contributed by atoms with Crippen LogP contribution in [0.25, 0.3) is 0 Å². The van der Waals surface area contributed by atoms with Crippen molar-refractivity contribution in [3.05, 3.63) is 58.1 Å². The number of primary amides is 1. The maximum Gasteiger partial charge on any atom is 0.340 e. The molecule has 9 nitrogen and oxygen atoms in total. The van der Waals surface area contributed by atoms with E-state index in [9.17, 15) is 22.8 Å². The highest BCUT2D eigenvalue weighted by molar-refractivity contribution is 7.92. The molecule has 0 bridgehead atoms. The van der Waals surface area contributed by atoms with Gasteiger partial charge < -0.3 is 10.5 Å². The van der Waals surface area contributed by atoms with Gasteiger partial charge in [0.2, 0.25) is 0 Å². The van der Waals surface area contributed by atoms with E-state index in [0.29, 0.717) is 0 Å². The second-order valence-electron chi connectivity index (χ2n) is 5.21. The van der Waals surface area contributed by atoms with Gasteiger partial charge >= 0.3 is 12.0 Å². The first-order valence-corrected chi connectivity index (χ1v) is 9.67. The minimum absolute atomic E-state index is 0.0694. The van der Waals surface area contributed by atoms with Gasteiger partial charge in [0.1, 0.15) is 4.90 Å². The Labute approximate surface area is 169 Å². The highest BCUT2D eigenvalue weighted by Crippen LogP contribution is 2.28. The third-order valence-corrected chi connectivity index (χ3v) is 5.25. The van der Waals surface area contributed by atoms with Gasteiger partial charge in [-0.05, 0) is 30.3 Å². The Kier molecular flexibility index (Phi) is 6.84. The van der Waals surface area contributed by atoms with Crippen LogP contribution in [0.2, 0.25) is 10.0 Å². The Balaban J connectivity index is 2.24. The number of ether oxygens (including phenoxy) is 1. The molecule has 0 aliphatic carbocycles. The number of carbonyl (C=O) groups is 3. The number of urea groups is 1. The summed E-state index contributed by atoms with van der Waals surface area (Å²) < 4.78 is 32.2. The Bertz CT molecular complexity index is 1040. The molecule has 0 spiro atoms. The van der Waals surface area contributed by atoms with E-state index in [0.717, 1.165) is 6.07 Å². The van der Waals surface area contributed by atoms with Crippen molar-refractivity contribution in [1.29, 1.82) is 0 Å². The number of nitrogens with one attached hydrogen (secondary N) is 2. The predicted octanol–water partition coefficient (Wildman–Crippen LogP) is 2.15. The van der Waals surface area contributed by atoms with Crippen molar-refractivity contribution in [1.82, 2.24) is 5.32 Å². The molecule has 2 aromatic rings. The molecule has 148 valence electrons. The van der Waals surface area contributed by atoms with Gasteiger partial charge in [0.05, 0.1) is 16.3 Å². The van der Waals surface area contributed by atoms with Crippen LogP contribution >= 0.6 is 23.2 Å². The van der Waals surface area contributed by atoms with Crippen LogP contribution in [0.1, 0.15) is 10.4 Å². The fourth-order valence-electron chi connectivity index (χ4n) is 2.02. The molecule has 0 fully saturated rings. The molecule has 0 aliphatic heterocycles. The second kappa shape index (κ2) is 8.91. The van der Waals surface area contributed by atoms with Crippen molar-refractivity contribution in [3.8, 4) is 0 Å². The van der Waals surface area contributed by atoms with Crippen LogP contribution in [0.5, 0.6) is 0 Å². The minimum Gasteiger partial charge on any atom is -0.452 e. The molecule has 0 unspecified atom stereocenters. The largest absolute Gasteiger partial charge is 0.452 e. The fraction of sp³-hybridized carbons (Fsp3) is 0.0625. The van der Waals surface area contributed by atoms with Crippen LogP contribution in [0, 0.1) is 0 Å². The van der Waals surface area contributed by atoms with Crippen molar-refractivity contribution in [3.63, 3.8) is 0 Å². The molecule has 2 rings (SSSR count). The molecule has 0 aromatic heterocycles. The van der Waals surface area contributed by atoms with Crippen LogP contribution in [0.4, 0.5) is 10.5 Å². The number of amides is 3. The Morgan fingerprint density at radius 3 is 2.43 bits per heavy atom. The van der Waals surface area contributed by atoms with Crippen molar-refractivity contribution in [2.75, 3.05) is 11.3 Å². The summed E-state index contributed by atoms with van der Waals surface area (Å²) in [4.78, 5) is 33.8. The van der Waals surface area contributed by atoms with Crippen molar-refractivity contribution in [2.24, 2.45) is 5.73 Å². The first kappa shape index (κ1) is 21.5. The summed E-state index contributed by atoms with van der Waals surface area (Å²) in [6, 6.07) is 8.33. The zero-order valence-electron chi connectivity index (χ0n) is 13.9. The van der Waals surface area contributed by atoms with Gasteiger partial charge in [-0.2, -0.15) is 0 Å². The number of hydrogen-bond acceptors (Lipinski definition) is 6. The van der Waals surface area contributed by atoms with Crippen LogP contribution in [0.3, 0.4) is 0 Å². The number of para-hydroxylation sites is 1. The number of esters is 1. The van der Waals surface area contributed by atoms with Crippen LogP contribution in [-0.4, -0.2) is 32.9 Å². The summed E-state index contributed by atoms with van der Waals surface area (Å²) in [5, 5.41) is 1.80. The van der Waals surface area contributed by atoms with Gasteiger partial charge in [-0.25, -0.2) is 18.0 Å². The lowest BCUT2D eigenvalue weighted by Gasteiger charge is -2.13. The molecule has 3 amide bonds. The van der Waals surface area contributed by atoms with E-state index in [1.54, 1.807) is 5.32 Å².